The third kappa shape index (κ3) is 6.52. The van der Waals surface area contributed by atoms with Crippen LogP contribution < -0.4 is 0 Å². The zero-order valence-electron chi connectivity index (χ0n) is 19.4. The Hall–Kier alpha value is -1.85. The van der Waals surface area contributed by atoms with Crippen LogP contribution in [0.4, 0.5) is 101 Å². The second kappa shape index (κ2) is 11.4. The van der Waals surface area contributed by atoms with Crippen molar-refractivity contribution in [3.63, 3.8) is 0 Å². The molecule has 0 atom stereocenters. The molecule has 6 nitrogen and oxygen atoms in total. The Labute approximate surface area is 223 Å². The summed E-state index contributed by atoms with van der Waals surface area (Å²) >= 11 is 0. The van der Waals surface area contributed by atoms with Gasteiger partial charge in [0.05, 0.1) is 0 Å². The number of halogens is 23. The maximum absolute atomic E-state index is 14.6. The standard InChI is InChI=1S/C15H9F23O6/c16-4(17,1-39)10(27,28)42-13(33,34)7(8(22,23)9(24,25)26,14(35,36)43-11(29,30)5(18,19)2-40)15(37,38)44-12(31,32)6(20,21)3-41/h39-41H,1-3H2. The van der Waals surface area contributed by atoms with E-state index in [9.17, 15) is 101 Å². The topological polar surface area (TPSA) is 88.4 Å². The van der Waals surface area contributed by atoms with E-state index in [4.69, 9.17) is 15.3 Å². The van der Waals surface area contributed by atoms with Crippen LogP contribution in [0.25, 0.3) is 0 Å². The molecule has 0 unspecified atom stereocenters. The minimum atomic E-state index is -9.82. The highest BCUT2D eigenvalue weighted by atomic mass is 19.4. The van der Waals surface area contributed by atoms with E-state index in [0.29, 0.717) is 0 Å². The fraction of sp³-hybridized carbons (Fsp3) is 1.00. The van der Waals surface area contributed by atoms with E-state index >= 15 is 0 Å². The summed E-state index contributed by atoms with van der Waals surface area (Å²) in [6.07, 6.45) is -60.4. The Kier molecular flexibility index (Phi) is 11.0. The molecule has 44 heavy (non-hydrogen) atoms. The monoisotopic (exact) mass is 722 g/mol. The normalized spacial score (nSPS) is 16.5. The molecule has 0 aliphatic heterocycles. The molecule has 0 radical (unpaired) electrons. The quantitative estimate of drug-likeness (QED) is 0.179. The first-order chi connectivity index (χ1) is 18.8. The fourth-order valence-corrected chi connectivity index (χ4v) is 2.48. The van der Waals surface area contributed by atoms with Gasteiger partial charge in [-0.25, -0.2) is 14.2 Å². The lowest BCUT2D eigenvalue weighted by atomic mass is 9.75. The lowest BCUT2D eigenvalue weighted by Gasteiger charge is -2.51. The first-order valence-electron chi connectivity index (χ1n) is 9.58. The Morgan fingerprint density at radius 2 is 0.500 bits per heavy atom. The van der Waals surface area contributed by atoms with E-state index in [0.717, 1.165) is 0 Å². The van der Waals surface area contributed by atoms with Crippen LogP contribution in [0.3, 0.4) is 0 Å². The summed E-state index contributed by atoms with van der Waals surface area (Å²) in [5.41, 5.74) is -9.82. The summed E-state index contributed by atoms with van der Waals surface area (Å²) in [7, 11) is 0. The van der Waals surface area contributed by atoms with Crippen molar-refractivity contribution in [3.8, 4) is 0 Å². The maximum atomic E-state index is 14.6. The first-order valence-corrected chi connectivity index (χ1v) is 9.58. The third-order valence-corrected chi connectivity index (χ3v) is 4.78. The van der Waals surface area contributed by atoms with Crippen molar-refractivity contribution in [2.45, 2.75) is 66.5 Å². The Balaban J connectivity index is 8.54. The van der Waals surface area contributed by atoms with Gasteiger partial charge in [-0.3, -0.25) is 0 Å². The van der Waals surface area contributed by atoms with Crippen LogP contribution >= 0.6 is 0 Å². The molecule has 3 N–H and O–H groups in total. The van der Waals surface area contributed by atoms with Crippen LogP contribution in [0.2, 0.25) is 0 Å². The van der Waals surface area contributed by atoms with Gasteiger partial charge in [0, 0.05) is 0 Å². The number of aliphatic hydroxyl groups is 3. The molecule has 0 aromatic heterocycles. The fourth-order valence-electron chi connectivity index (χ4n) is 2.48. The summed E-state index contributed by atoms with van der Waals surface area (Å²) < 4.78 is 319. The van der Waals surface area contributed by atoms with Crippen molar-refractivity contribution in [1.82, 2.24) is 0 Å². The molecule has 0 heterocycles. The van der Waals surface area contributed by atoms with Crippen molar-refractivity contribution >= 4 is 0 Å². The van der Waals surface area contributed by atoms with Crippen LogP contribution in [0, 0.1) is 5.41 Å². The Bertz CT molecular complexity index is 888. The smallest absolute Gasteiger partial charge is 0.390 e. The second-order valence-corrected chi connectivity index (χ2v) is 7.82. The maximum Gasteiger partial charge on any atom is 0.455 e. The molecule has 29 heteroatoms. The van der Waals surface area contributed by atoms with Gasteiger partial charge in [0.1, 0.15) is 19.8 Å². The third-order valence-electron chi connectivity index (χ3n) is 4.78. The van der Waals surface area contributed by atoms with Gasteiger partial charge >= 0.3 is 71.9 Å². The predicted octanol–water partition coefficient (Wildman–Crippen LogP) is 5.66. The molecule has 266 valence electrons. The molecule has 0 aromatic carbocycles. The highest BCUT2D eigenvalue weighted by molar-refractivity contribution is 5.13. The van der Waals surface area contributed by atoms with Crippen molar-refractivity contribution in [1.29, 1.82) is 0 Å². The molecule has 0 rings (SSSR count). The summed E-state index contributed by atoms with van der Waals surface area (Å²) in [5, 5.41) is 24.1. The summed E-state index contributed by atoms with van der Waals surface area (Å²) in [5.74, 6) is -30.3. The molecule has 0 saturated heterocycles. The molecule has 0 aliphatic carbocycles. The number of alkyl halides is 23. The highest BCUT2D eigenvalue weighted by Gasteiger charge is 3.00. The molecule has 0 saturated carbocycles. The van der Waals surface area contributed by atoms with E-state index in [1.54, 1.807) is 0 Å². The van der Waals surface area contributed by atoms with E-state index in [-0.39, 0.29) is 0 Å². The average molecular weight is 722 g/mol. The van der Waals surface area contributed by atoms with Crippen LogP contribution in [-0.4, -0.2) is 102 Å². The van der Waals surface area contributed by atoms with E-state index in [1.807, 2.05) is 0 Å². The SMILES string of the molecule is OCC(F)(F)C(F)(F)OC(F)(F)C(C(F)(F)OC(F)(F)C(F)(F)CO)(C(F)(F)OC(F)(F)C(F)(F)CO)C(F)(F)C(F)(F)F. The van der Waals surface area contributed by atoms with E-state index in [2.05, 4.69) is 0 Å². The highest BCUT2D eigenvalue weighted by Crippen LogP contribution is 2.71. The Morgan fingerprint density at radius 1 is 0.318 bits per heavy atom. The summed E-state index contributed by atoms with van der Waals surface area (Å²) in [6.45, 7) is -11.0. The van der Waals surface area contributed by atoms with E-state index < -0.39 is 91.8 Å². The van der Waals surface area contributed by atoms with E-state index in [1.165, 1.54) is 14.2 Å². The largest absolute Gasteiger partial charge is 0.455 e. The van der Waals surface area contributed by atoms with Gasteiger partial charge < -0.3 is 15.3 Å². The minimum absolute atomic E-state index is 1.21. The zero-order valence-corrected chi connectivity index (χ0v) is 19.4. The predicted molar refractivity (Wildman–Crippen MR) is 82.5 cm³/mol. The molecule has 0 bridgehead atoms. The molecule has 0 amide bonds. The lowest BCUT2D eigenvalue weighted by Crippen LogP contribution is -2.79. The molecule has 0 fully saturated rings. The number of aliphatic hydroxyl groups excluding tert-OH is 3. The van der Waals surface area contributed by atoms with Gasteiger partial charge in [0.15, 0.2) is 0 Å². The molecular weight excluding hydrogens is 713 g/mol. The summed E-state index contributed by atoms with van der Waals surface area (Å²) in [6, 6.07) is 0. The number of rotatable bonds is 16. The van der Waals surface area contributed by atoms with Gasteiger partial charge in [-0.15, -0.1) is 0 Å². The van der Waals surface area contributed by atoms with Crippen LogP contribution in [0.5, 0.6) is 0 Å². The Morgan fingerprint density at radius 3 is 0.636 bits per heavy atom. The van der Waals surface area contributed by atoms with Gasteiger partial charge in [-0.05, 0) is 0 Å². The van der Waals surface area contributed by atoms with Gasteiger partial charge in [-0.2, -0.15) is 101 Å². The lowest BCUT2D eigenvalue weighted by molar-refractivity contribution is -0.607. The summed E-state index contributed by atoms with van der Waals surface area (Å²) in [4.78, 5) is 0. The van der Waals surface area contributed by atoms with Gasteiger partial charge in [0.25, 0.3) is 0 Å². The van der Waals surface area contributed by atoms with Crippen molar-refractivity contribution in [2.75, 3.05) is 19.8 Å². The number of hydrogen-bond acceptors (Lipinski definition) is 6. The van der Waals surface area contributed by atoms with Crippen LogP contribution in [-0.2, 0) is 14.2 Å². The average Bonchev–Trinajstić information content (AvgIpc) is 2.74. The molecule has 0 spiro atoms. The molecule has 0 aromatic rings. The number of ether oxygens (including phenoxy) is 3. The van der Waals surface area contributed by atoms with Crippen molar-refractivity contribution < 1.29 is 131 Å². The zero-order chi connectivity index (χ0) is 36.2. The first kappa shape index (κ1) is 42.1. The van der Waals surface area contributed by atoms with Gasteiger partial charge in [-0.1, -0.05) is 0 Å². The minimum Gasteiger partial charge on any atom is -0.390 e. The van der Waals surface area contributed by atoms with Crippen molar-refractivity contribution in [2.24, 2.45) is 5.41 Å². The second-order valence-electron chi connectivity index (χ2n) is 7.82. The number of hydrogen-bond donors (Lipinski definition) is 3. The van der Waals surface area contributed by atoms with Gasteiger partial charge in [0.2, 0.25) is 0 Å². The van der Waals surface area contributed by atoms with Crippen LogP contribution in [0.1, 0.15) is 0 Å². The van der Waals surface area contributed by atoms with Crippen molar-refractivity contribution in [3.05, 3.63) is 0 Å². The van der Waals surface area contributed by atoms with Crippen LogP contribution in [0.15, 0.2) is 0 Å². The molecular formula is C15H9F23O6. The molecule has 0 aliphatic rings.